The van der Waals surface area contributed by atoms with Gasteiger partial charge in [-0.25, -0.2) is 0 Å². The van der Waals surface area contributed by atoms with Gasteiger partial charge in [-0.1, -0.05) is 0 Å². The fraction of sp³-hybridized carbons (Fsp3) is 0.286. The molecule has 0 aliphatic heterocycles. The maximum Gasteiger partial charge on any atom is 0.227 e. The van der Waals surface area contributed by atoms with Gasteiger partial charge in [0, 0.05) is 6.07 Å². The van der Waals surface area contributed by atoms with E-state index in [2.05, 4.69) is 0 Å². The topological polar surface area (TPSA) is 50.4 Å². The minimum Gasteiger partial charge on any atom is -0.502 e. The molecule has 0 saturated carbocycles. The second-order valence-electron chi connectivity index (χ2n) is 2.13. The first kappa shape index (κ1) is 6.86. The fourth-order valence-electron chi connectivity index (χ4n) is 0.746. The zero-order valence-electron chi connectivity index (χ0n) is 5.84. The molecule has 0 amide bonds. The first-order valence-corrected chi connectivity index (χ1v) is 2.91. The molecule has 1 aromatic rings. The lowest BCUT2D eigenvalue weighted by Gasteiger charge is -1.96. The Morgan fingerprint density at radius 3 is 2.60 bits per heavy atom. The maximum absolute atomic E-state index is 10.8. The zero-order chi connectivity index (χ0) is 7.72. The van der Waals surface area contributed by atoms with E-state index in [0.717, 1.165) is 0 Å². The molecule has 0 bridgehead atoms. The van der Waals surface area contributed by atoms with Crippen molar-refractivity contribution in [3.63, 3.8) is 0 Å². The van der Waals surface area contributed by atoms with E-state index in [1.807, 2.05) is 0 Å². The summed E-state index contributed by atoms with van der Waals surface area (Å²) in [5, 5.41) is 8.92. The van der Waals surface area contributed by atoms with Crippen LogP contribution < -0.4 is 5.43 Å². The van der Waals surface area contributed by atoms with Crippen molar-refractivity contribution >= 4 is 0 Å². The van der Waals surface area contributed by atoms with Crippen molar-refractivity contribution in [2.24, 2.45) is 0 Å². The summed E-state index contributed by atoms with van der Waals surface area (Å²) in [6.45, 7) is 3.21. The predicted molar refractivity (Wildman–Crippen MR) is 36.1 cm³/mol. The monoisotopic (exact) mass is 140 g/mol. The van der Waals surface area contributed by atoms with Crippen molar-refractivity contribution in [1.82, 2.24) is 0 Å². The van der Waals surface area contributed by atoms with E-state index in [4.69, 9.17) is 9.52 Å². The quantitative estimate of drug-likeness (QED) is 0.584. The Labute approximate surface area is 57.9 Å². The Balaban J connectivity index is 3.46. The SMILES string of the molecule is Cc1cc(=O)c(O)c(C)o1. The van der Waals surface area contributed by atoms with Crippen molar-refractivity contribution in [2.45, 2.75) is 13.8 Å². The molecule has 0 fully saturated rings. The lowest BCUT2D eigenvalue weighted by atomic mass is 10.3. The Hall–Kier alpha value is -1.25. The Bertz CT molecular complexity index is 298. The molecule has 0 aromatic carbocycles. The molecular weight excluding hydrogens is 132 g/mol. The minimum atomic E-state index is -0.388. The van der Waals surface area contributed by atoms with Crippen LogP contribution in [-0.2, 0) is 0 Å². The number of aromatic hydroxyl groups is 1. The van der Waals surface area contributed by atoms with E-state index in [1.54, 1.807) is 13.8 Å². The molecule has 0 aliphatic rings. The van der Waals surface area contributed by atoms with Crippen LogP contribution in [0.25, 0.3) is 0 Å². The summed E-state index contributed by atoms with van der Waals surface area (Å²) >= 11 is 0. The van der Waals surface area contributed by atoms with Gasteiger partial charge in [-0.3, -0.25) is 4.79 Å². The third-order valence-electron chi connectivity index (χ3n) is 1.22. The lowest BCUT2D eigenvalue weighted by Crippen LogP contribution is -2.00. The van der Waals surface area contributed by atoms with Crippen LogP contribution in [0.15, 0.2) is 15.3 Å². The van der Waals surface area contributed by atoms with Gasteiger partial charge in [0.05, 0.1) is 0 Å². The van der Waals surface area contributed by atoms with Crippen LogP contribution in [0.1, 0.15) is 11.5 Å². The van der Waals surface area contributed by atoms with Gasteiger partial charge in [0.15, 0.2) is 0 Å². The highest BCUT2D eigenvalue weighted by molar-refractivity contribution is 5.22. The molecule has 0 unspecified atom stereocenters. The number of hydrogen-bond acceptors (Lipinski definition) is 3. The molecule has 0 radical (unpaired) electrons. The van der Waals surface area contributed by atoms with E-state index >= 15 is 0 Å². The normalized spacial score (nSPS) is 9.80. The molecular formula is C7H8O3. The van der Waals surface area contributed by atoms with Gasteiger partial charge < -0.3 is 9.52 Å². The molecule has 0 saturated heterocycles. The van der Waals surface area contributed by atoms with Gasteiger partial charge in [-0.15, -0.1) is 0 Å². The Morgan fingerprint density at radius 2 is 2.10 bits per heavy atom. The summed E-state index contributed by atoms with van der Waals surface area (Å²) in [6.07, 6.45) is 0. The van der Waals surface area contributed by atoms with Gasteiger partial charge in [0.2, 0.25) is 11.2 Å². The summed E-state index contributed by atoms with van der Waals surface area (Å²) < 4.78 is 4.94. The molecule has 10 heavy (non-hydrogen) atoms. The van der Waals surface area contributed by atoms with Crippen LogP contribution in [0, 0.1) is 13.8 Å². The molecule has 1 aromatic heterocycles. The third-order valence-corrected chi connectivity index (χ3v) is 1.22. The summed E-state index contributed by atoms with van der Waals surface area (Å²) in [5.74, 6) is 0.482. The van der Waals surface area contributed by atoms with Crippen LogP contribution in [0.5, 0.6) is 5.75 Å². The van der Waals surface area contributed by atoms with Crippen LogP contribution in [-0.4, -0.2) is 5.11 Å². The van der Waals surface area contributed by atoms with Gasteiger partial charge in [-0.05, 0) is 13.8 Å². The first-order valence-electron chi connectivity index (χ1n) is 2.91. The van der Waals surface area contributed by atoms with Gasteiger partial charge in [0.25, 0.3) is 0 Å². The van der Waals surface area contributed by atoms with Crippen molar-refractivity contribution in [1.29, 1.82) is 0 Å². The molecule has 0 spiro atoms. The highest BCUT2D eigenvalue weighted by atomic mass is 16.4. The van der Waals surface area contributed by atoms with Crippen LogP contribution in [0.3, 0.4) is 0 Å². The molecule has 1 N–H and O–H groups in total. The Morgan fingerprint density at radius 1 is 1.50 bits per heavy atom. The predicted octanol–water partition coefficient (Wildman–Crippen LogP) is 0.962. The van der Waals surface area contributed by atoms with Crippen molar-refractivity contribution < 1.29 is 9.52 Å². The van der Waals surface area contributed by atoms with E-state index < -0.39 is 0 Å². The van der Waals surface area contributed by atoms with Crippen molar-refractivity contribution in [3.05, 3.63) is 27.8 Å². The summed E-state index contributed by atoms with van der Waals surface area (Å²) in [5.41, 5.74) is -0.388. The largest absolute Gasteiger partial charge is 0.502 e. The highest BCUT2D eigenvalue weighted by Crippen LogP contribution is 2.09. The van der Waals surface area contributed by atoms with Crippen molar-refractivity contribution in [3.8, 4) is 5.75 Å². The maximum atomic E-state index is 10.8. The minimum absolute atomic E-state index is 0.269. The van der Waals surface area contributed by atoms with E-state index in [9.17, 15) is 4.79 Å². The summed E-state index contributed by atoms with van der Waals surface area (Å²) in [6, 6.07) is 1.25. The van der Waals surface area contributed by atoms with Gasteiger partial charge in [0.1, 0.15) is 11.5 Å². The molecule has 1 heterocycles. The highest BCUT2D eigenvalue weighted by Gasteiger charge is 2.02. The van der Waals surface area contributed by atoms with E-state index in [-0.39, 0.29) is 16.9 Å². The molecule has 1 rings (SSSR count). The van der Waals surface area contributed by atoms with Gasteiger partial charge in [-0.2, -0.15) is 0 Å². The fourth-order valence-corrected chi connectivity index (χ4v) is 0.746. The summed E-state index contributed by atoms with van der Waals surface area (Å²) in [7, 11) is 0. The molecule has 0 aliphatic carbocycles. The zero-order valence-corrected chi connectivity index (χ0v) is 5.84. The second kappa shape index (κ2) is 2.17. The van der Waals surface area contributed by atoms with Crippen LogP contribution >= 0.6 is 0 Å². The van der Waals surface area contributed by atoms with Crippen LogP contribution in [0.2, 0.25) is 0 Å². The average molecular weight is 140 g/mol. The molecule has 3 nitrogen and oxygen atoms in total. The number of rotatable bonds is 0. The third kappa shape index (κ3) is 1.03. The molecule has 0 atom stereocenters. The van der Waals surface area contributed by atoms with Crippen molar-refractivity contribution in [2.75, 3.05) is 0 Å². The number of aryl methyl sites for hydroxylation is 2. The molecule has 54 valence electrons. The van der Waals surface area contributed by atoms with E-state index in [1.165, 1.54) is 6.07 Å². The standard InChI is InChI=1S/C7H8O3/c1-4-3-6(8)7(9)5(2)10-4/h3,9H,1-2H3. The first-order chi connectivity index (χ1) is 4.61. The Kier molecular flexibility index (Phi) is 1.49. The second-order valence-corrected chi connectivity index (χ2v) is 2.13. The summed E-state index contributed by atoms with van der Waals surface area (Å²) in [4.78, 5) is 10.8. The average Bonchev–Trinajstić information content (AvgIpc) is 1.82. The van der Waals surface area contributed by atoms with Crippen LogP contribution in [0.4, 0.5) is 0 Å². The molecule has 3 heteroatoms. The van der Waals surface area contributed by atoms with E-state index in [0.29, 0.717) is 5.76 Å². The smallest absolute Gasteiger partial charge is 0.227 e. The number of hydrogen-bond donors (Lipinski definition) is 1. The lowest BCUT2D eigenvalue weighted by molar-refractivity contribution is 0.401. The van der Waals surface area contributed by atoms with Gasteiger partial charge >= 0.3 is 0 Å².